The molecule has 0 nitrogen and oxygen atoms in total. The van der Waals surface area contributed by atoms with Gasteiger partial charge in [0.25, 0.3) is 0 Å². The van der Waals surface area contributed by atoms with Crippen LogP contribution in [0.3, 0.4) is 0 Å². The van der Waals surface area contributed by atoms with Crippen LogP contribution in [-0.2, 0) is 0 Å². The van der Waals surface area contributed by atoms with Gasteiger partial charge >= 0.3 is 0 Å². The Kier molecular flexibility index (Phi) is 2.67. The van der Waals surface area contributed by atoms with Crippen molar-refractivity contribution in [3.05, 3.63) is 70.1 Å². The van der Waals surface area contributed by atoms with E-state index in [0.29, 0.717) is 0 Å². The molecule has 0 aliphatic heterocycles. The monoisotopic (exact) mass is 246 g/mol. The Hall–Kier alpha value is -2.08. The summed E-state index contributed by atoms with van der Waals surface area (Å²) in [5.41, 5.74) is 7.07. The number of fused-ring (bicyclic) bond motifs is 3. The standard InChI is InChI=1S/C18H14.CH4/c1-12-10-11-17-15-8-4-3-7-14(15)16-9-5-2-6-13(12)18(16)17;/h2-8,10-11H,9H2,1H3;1H4. The van der Waals surface area contributed by atoms with Crippen molar-refractivity contribution in [1.29, 1.82) is 0 Å². The van der Waals surface area contributed by atoms with Crippen LogP contribution < -0.4 is 10.4 Å². The summed E-state index contributed by atoms with van der Waals surface area (Å²) < 4.78 is 0. The van der Waals surface area contributed by atoms with Crippen LogP contribution >= 0.6 is 0 Å². The Bertz CT molecular complexity index is 804. The van der Waals surface area contributed by atoms with Crippen molar-refractivity contribution in [2.75, 3.05) is 0 Å². The van der Waals surface area contributed by atoms with Crippen LogP contribution in [0, 0.1) is 6.92 Å². The third-order valence-electron chi connectivity index (χ3n) is 4.03. The number of aryl methyl sites for hydroxylation is 1. The van der Waals surface area contributed by atoms with Crippen LogP contribution in [0.4, 0.5) is 0 Å². The average molecular weight is 246 g/mol. The maximum atomic E-state index is 2.28. The predicted octanol–water partition coefficient (Wildman–Crippen LogP) is 3.55. The molecule has 4 rings (SSSR count). The molecular formula is C19H18. The summed E-state index contributed by atoms with van der Waals surface area (Å²) in [4.78, 5) is 0. The molecule has 0 heterocycles. The van der Waals surface area contributed by atoms with Gasteiger partial charge in [0.1, 0.15) is 0 Å². The van der Waals surface area contributed by atoms with Crippen LogP contribution in [0.5, 0.6) is 0 Å². The van der Waals surface area contributed by atoms with Crippen LogP contribution in [0.15, 0.2) is 48.6 Å². The zero-order valence-corrected chi connectivity index (χ0v) is 10.4. The van der Waals surface area contributed by atoms with Gasteiger partial charge in [-0.2, -0.15) is 0 Å². The third-order valence-corrected chi connectivity index (χ3v) is 4.03. The SMILES string of the molecule is C.Cc1ccc2c3c1=CC=CCC=3c1ccccc1-2. The highest BCUT2D eigenvalue weighted by Crippen LogP contribution is 2.33. The van der Waals surface area contributed by atoms with E-state index in [-0.39, 0.29) is 7.43 Å². The minimum atomic E-state index is 0. The number of hydrogen-bond donors (Lipinski definition) is 0. The third kappa shape index (κ3) is 1.53. The first kappa shape index (κ1) is 12.0. The second-order valence-corrected chi connectivity index (χ2v) is 5.04. The van der Waals surface area contributed by atoms with Gasteiger partial charge in [-0.25, -0.2) is 0 Å². The molecule has 0 fully saturated rings. The van der Waals surface area contributed by atoms with Crippen molar-refractivity contribution in [2.45, 2.75) is 20.8 Å². The summed E-state index contributed by atoms with van der Waals surface area (Å²) in [5.74, 6) is 0. The maximum Gasteiger partial charge on any atom is -0.00611 e. The second-order valence-electron chi connectivity index (χ2n) is 5.04. The molecule has 0 radical (unpaired) electrons. The lowest BCUT2D eigenvalue weighted by Gasteiger charge is -2.03. The van der Waals surface area contributed by atoms with Crippen LogP contribution in [-0.4, -0.2) is 0 Å². The molecule has 2 aromatic rings. The molecule has 0 saturated carbocycles. The van der Waals surface area contributed by atoms with Crippen LogP contribution in [0.25, 0.3) is 22.8 Å². The van der Waals surface area contributed by atoms with E-state index in [9.17, 15) is 0 Å². The van der Waals surface area contributed by atoms with Gasteiger partial charge in [-0.1, -0.05) is 62.1 Å². The molecule has 0 amide bonds. The van der Waals surface area contributed by atoms with Crippen molar-refractivity contribution in [2.24, 2.45) is 0 Å². The Morgan fingerprint density at radius 3 is 2.53 bits per heavy atom. The molecule has 0 unspecified atom stereocenters. The molecular weight excluding hydrogens is 228 g/mol. The summed E-state index contributed by atoms with van der Waals surface area (Å²) in [7, 11) is 0. The van der Waals surface area contributed by atoms with E-state index in [4.69, 9.17) is 0 Å². The molecule has 0 bridgehead atoms. The molecule has 0 saturated heterocycles. The van der Waals surface area contributed by atoms with Crippen molar-refractivity contribution >= 4 is 11.6 Å². The molecule has 0 atom stereocenters. The Morgan fingerprint density at radius 2 is 1.68 bits per heavy atom. The lowest BCUT2D eigenvalue weighted by atomic mass is 10.0. The number of hydrogen-bond acceptors (Lipinski definition) is 0. The minimum Gasteiger partial charge on any atom is -0.0801 e. The number of allylic oxidation sites excluding steroid dienone is 2. The zero-order valence-electron chi connectivity index (χ0n) is 10.4. The first-order valence-electron chi connectivity index (χ1n) is 6.46. The van der Waals surface area contributed by atoms with E-state index >= 15 is 0 Å². The zero-order chi connectivity index (χ0) is 12.1. The van der Waals surface area contributed by atoms with Gasteiger partial charge in [0.2, 0.25) is 0 Å². The molecule has 2 aromatic carbocycles. The number of benzene rings is 2. The van der Waals surface area contributed by atoms with E-state index in [1.54, 1.807) is 0 Å². The smallest absolute Gasteiger partial charge is 0.00611 e. The van der Waals surface area contributed by atoms with Crippen LogP contribution in [0.2, 0.25) is 0 Å². The van der Waals surface area contributed by atoms with Gasteiger partial charge in [0.15, 0.2) is 0 Å². The van der Waals surface area contributed by atoms with Gasteiger partial charge in [0.05, 0.1) is 0 Å². The van der Waals surface area contributed by atoms with Gasteiger partial charge in [-0.3, -0.25) is 0 Å². The Labute approximate surface area is 114 Å². The molecule has 94 valence electrons. The highest BCUT2D eigenvalue weighted by Gasteiger charge is 2.19. The number of rotatable bonds is 0. The van der Waals surface area contributed by atoms with E-state index in [0.717, 1.165) is 6.42 Å². The fourth-order valence-electron chi connectivity index (χ4n) is 3.17. The summed E-state index contributed by atoms with van der Waals surface area (Å²) in [6.45, 7) is 2.20. The van der Waals surface area contributed by atoms with Gasteiger partial charge in [-0.05, 0) is 51.6 Å². The van der Waals surface area contributed by atoms with E-state index in [1.807, 2.05) is 0 Å². The van der Waals surface area contributed by atoms with Crippen molar-refractivity contribution < 1.29 is 0 Å². The second kappa shape index (κ2) is 4.24. The molecule has 0 aromatic heterocycles. The average Bonchev–Trinajstić information content (AvgIpc) is 2.57. The Balaban J connectivity index is 0.00000110. The van der Waals surface area contributed by atoms with Crippen molar-refractivity contribution in [3.8, 4) is 11.1 Å². The summed E-state index contributed by atoms with van der Waals surface area (Å²) >= 11 is 0. The lowest BCUT2D eigenvalue weighted by Crippen LogP contribution is -2.28. The molecule has 2 aliphatic carbocycles. The first-order chi connectivity index (χ1) is 8.86. The summed E-state index contributed by atoms with van der Waals surface area (Å²) in [6, 6.07) is 13.3. The van der Waals surface area contributed by atoms with E-state index < -0.39 is 0 Å². The largest absolute Gasteiger partial charge is 0.0801 e. The molecule has 0 N–H and O–H groups in total. The lowest BCUT2D eigenvalue weighted by molar-refractivity contribution is 1.35. The van der Waals surface area contributed by atoms with E-state index in [1.165, 1.54) is 38.3 Å². The fourth-order valence-corrected chi connectivity index (χ4v) is 3.17. The highest BCUT2D eigenvalue weighted by atomic mass is 14.2. The highest BCUT2D eigenvalue weighted by molar-refractivity contribution is 5.90. The Morgan fingerprint density at radius 1 is 0.895 bits per heavy atom. The molecule has 0 heteroatoms. The molecule has 0 spiro atoms. The van der Waals surface area contributed by atoms with Crippen molar-refractivity contribution in [1.82, 2.24) is 0 Å². The quantitative estimate of drug-likeness (QED) is 0.667. The van der Waals surface area contributed by atoms with Gasteiger partial charge in [-0.15, -0.1) is 0 Å². The van der Waals surface area contributed by atoms with E-state index in [2.05, 4.69) is 61.5 Å². The van der Waals surface area contributed by atoms with Crippen molar-refractivity contribution in [3.63, 3.8) is 0 Å². The van der Waals surface area contributed by atoms with Gasteiger partial charge < -0.3 is 0 Å². The predicted molar refractivity (Wildman–Crippen MR) is 83.3 cm³/mol. The topological polar surface area (TPSA) is 0 Å². The minimum absolute atomic E-state index is 0. The van der Waals surface area contributed by atoms with Gasteiger partial charge in [0, 0.05) is 0 Å². The molecule has 19 heavy (non-hydrogen) atoms. The molecule has 2 aliphatic rings. The van der Waals surface area contributed by atoms with Crippen LogP contribution in [0.1, 0.15) is 25.0 Å². The summed E-state index contributed by atoms with van der Waals surface area (Å²) in [6.07, 6.45) is 7.75. The normalized spacial score (nSPS) is 14.1. The fraction of sp³-hybridized carbons (Fsp3) is 0.158. The maximum absolute atomic E-state index is 2.28. The first-order valence-corrected chi connectivity index (χ1v) is 6.46. The summed E-state index contributed by atoms with van der Waals surface area (Å²) in [5, 5.41) is 2.86.